The summed E-state index contributed by atoms with van der Waals surface area (Å²) in [6.45, 7) is 11.1. The first-order valence-electron chi connectivity index (χ1n) is 15.3. The number of aromatic nitrogens is 1. The van der Waals surface area contributed by atoms with Crippen molar-refractivity contribution < 1.29 is 23.8 Å². The number of halogens is 1. The second-order valence-corrected chi connectivity index (χ2v) is 13.1. The number of hydrogen-bond donors (Lipinski definition) is 0. The number of allylic oxidation sites excluding steroid dienone is 3. The van der Waals surface area contributed by atoms with E-state index in [0.29, 0.717) is 17.9 Å². The number of carbonyl (C=O) groups is 2. The van der Waals surface area contributed by atoms with Crippen LogP contribution in [0.25, 0.3) is 10.9 Å². The molecule has 3 aromatic rings. The van der Waals surface area contributed by atoms with Gasteiger partial charge in [0.1, 0.15) is 11.6 Å². The van der Waals surface area contributed by atoms with Gasteiger partial charge in [0.2, 0.25) is 0 Å². The molecule has 43 heavy (non-hydrogen) atoms. The highest BCUT2D eigenvalue weighted by molar-refractivity contribution is 14.1. The first-order valence-corrected chi connectivity index (χ1v) is 16.4. The number of carbonyl (C=O) groups excluding carboxylic acids is 2. The molecule has 0 bridgehead atoms. The Hall–Kier alpha value is -3.27. The van der Waals surface area contributed by atoms with E-state index < -0.39 is 12.2 Å². The molecule has 8 heteroatoms. The number of benzene rings is 2. The van der Waals surface area contributed by atoms with Crippen LogP contribution < -0.4 is 9.64 Å². The minimum absolute atomic E-state index is 0.159. The number of fused-ring (bicyclic) bond motifs is 3. The molecule has 0 N–H and O–H groups in total. The van der Waals surface area contributed by atoms with Crippen LogP contribution in [0, 0.1) is 11.8 Å². The SMILES string of the molecule is CCOc1ccc(C2C(I)=C(C3=CCCCC3)N(C(=O)OCC(C)C)c3c2c2ccccc2n3C(=O)OCC(C)C)cc1. The maximum atomic E-state index is 14.2. The highest BCUT2D eigenvalue weighted by Gasteiger charge is 2.43. The number of rotatable bonds is 8. The molecule has 2 aliphatic rings. The first kappa shape index (κ1) is 31.2. The molecule has 228 valence electrons. The number of hydrogen-bond acceptors (Lipinski definition) is 5. The van der Waals surface area contributed by atoms with E-state index in [1.807, 2.05) is 71.0 Å². The molecule has 1 aliphatic carbocycles. The van der Waals surface area contributed by atoms with E-state index in [9.17, 15) is 9.59 Å². The normalized spacial score (nSPS) is 16.9. The van der Waals surface area contributed by atoms with Crippen molar-refractivity contribution in [1.29, 1.82) is 0 Å². The highest BCUT2D eigenvalue weighted by atomic mass is 127. The molecule has 1 atom stereocenters. The van der Waals surface area contributed by atoms with Crippen molar-refractivity contribution in [2.45, 2.75) is 66.2 Å². The monoisotopic (exact) mass is 696 g/mol. The molecule has 5 rings (SSSR count). The number of para-hydroxylation sites is 1. The third-order valence-corrected chi connectivity index (χ3v) is 8.79. The van der Waals surface area contributed by atoms with Gasteiger partial charge in [-0.3, -0.25) is 0 Å². The van der Waals surface area contributed by atoms with Gasteiger partial charge in [-0.1, -0.05) is 64.1 Å². The van der Waals surface area contributed by atoms with Crippen LogP contribution in [0.4, 0.5) is 15.4 Å². The lowest BCUT2D eigenvalue weighted by atomic mass is 9.84. The molecule has 0 saturated carbocycles. The van der Waals surface area contributed by atoms with Gasteiger partial charge in [-0.15, -0.1) is 0 Å². The van der Waals surface area contributed by atoms with Gasteiger partial charge in [0.25, 0.3) is 0 Å². The van der Waals surface area contributed by atoms with Crippen LogP contribution >= 0.6 is 22.6 Å². The molecule has 1 unspecified atom stereocenters. The summed E-state index contributed by atoms with van der Waals surface area (Å²) in [5, 5.41) is 0.894. The van der Waals surface area contributed by atoms with E-state index in [1.165, 1.54) is 0 Å². The van der Waals surface area contributed by atoms with Gasteiger partial charge in [0, 0.05) is 20.4 Å². The van der Waals surface area contributed by atoms with Crippen LogP contribution in [0.1, 0.15) is 77.3 Å². The van der Waals surface area contributed by atoms with Crippen LogP contribution in [0.15, 0.2) is 69.5 Å². The van der Waals surface area contributed by atoms with Crippen LogP contribution in [-0.4, -0.2) is 36.6 Å². The smallest absolute Gasteiger partial charge is 0.420 e. The zero-order valence-corrected chi connectivity index (χ0v) is 27.8. The molecule has 0 radical (unpaired) electrons. The Morgan fingerprint density at radius 2 is 1.60 bits per heavy atom. The van der Waals surface area contributed by atoms with Gasteiger partial charge < -0.3 is 14.2 Å². The van der Waals surface area contributed by atoms with E-state index in [2.05, 4.69) is 40.8 Å². The summed E-state index contributed by atoms with van der Waals surface area (Å²) >= 11 is 2.42. The van der Waals surface area contributed by atoms with Gasteiger partial charge in [0.05, 0.1) is 31.0 Å². The van der Waals surface area contributed by atoms with Crippen LogP contribution in [-0.2, 0) is 9.47 Å². The van der Waals surface area contributed by atoms with Crippen molar-refractivity contribution in [3.63, 3.8) is 0 Å². The predicted molar refractivity (Wildman–Crippen MR) is 179 cm³/mol. The van der Waals surface area contributed by atoms with Crippen LogP contribution in [0.3, 0.4) is 0 Å². The minimum atomic E-state index is -0.507. The fourth-order valence-corrected chi connectivity index (χ4v) is 7.05. The van der Waals surface area contributed by atoms with Crippen molar-refractivity contribution in [2.24, 2.45) is 11.8 Å². The van der Waals surface area contributed by atoms with Crippen LogP contribution in [0.2, 0.25) is 0 Å². The molecular weight excluding hydrogens is 655 g/mol. The molecule has 1 amide bonds. The van der Waals surface area contributed by atoms with E-state index in [0.717, 1.165) is 62.8 Å². The number of ether oxygens (including phenoxy) is 3. The molecule has 0 saturated heterocycles. The summed E-state index contributed by atoms with van der Waals surface area (Å²) in [5.74, 6) is 1.39. The predicted octanol–water partition coefficient (Wildman–Crippen LogP) is 9.57. The number of anilines is 1. The summed E-state index contributed by atoms with van der Waals surface area (Å²) in [5.41, 5.74) is 4.54. The topological polar surface area (TPSA) is 70.0 Å². The Balaban J connectivity index is 1.82. The third kappa shape index (κ3) is 6.35. The second kappa shape index (κ2) is 13.6. The van der Waals surface area contributed by atoms with Crippen molar-refractivity contribution in [3.05, 3.63) is 80.6 Å². The molecule has 0 spiro atoms. The zero-order valence-electron chi connectivity index (χ0n) is 25.7. The molecule has 7 nitrogen and oxygen atoms in total. The molecule has 2 heterocycles. The number of nitrogens with zero attached hydrogens (tertiary/aromatic N) is 2. The molecule has 0 fully saturated rings. The van der Waals surface area contributed by atoms with E-state index in [1.54, 1.807) is 9.47 Å². The average Bonchev–Trinajstić information content (AvgIpc) is 3.34. The third-order valence-electron chi connectivity index (χ3n) is 7.66. The standard InChI is InChI=1S/C35H41IN2O5/c1-6-41-26-18-16-24(17-19-26)29-30-27-14-10-11-15-28(27)37(34(39)42-20-22(2)3)33(30)38(35(40)43-21-23(4)5)32(31(29)36)25-12-8-7-9-13-25/h10-12,14-19,22-23,29H,6-9,13,20-21H2,1-5H3. The molecular formula is C35H41IN2O5. The lowest BCUT2D eigenvalue weighted by Crippen LogP contribution is -2.39. The van der Waals surface area contributed by atoms with Crippen molar-refractivity contribution in [3.8, 4) is 5.75 Å². The Labute approximate surface area is 268 Å². The van der Waals surface area contributed by atoms with Crippen LogP contribution in [0.5, 0.6) is 5.75 Å². The Bertz CT molecular complexity index is 1550. The largest absolute Gasteiger partial charge is 0.494 e. The second-order valence-electron chi connectivity index (χ2n) is 12.0. The summed E-state index contributed by atoms with van der Waals surface area (Å²) in [4.78, 5) is 29.8. The van der Waals surface area contributed by atoms with Gasteiger partial charge in [-0.25, -0.2) is 19.1 Å². The molecule has 2 aromatic carbocycles. The van der Waals surface area contributed by atoms with E-state index in [4.69, 9.17) is 14.2 Å². The Morgan fingerprint density at radius 3 is 2.23 bits per heavy atom. The zero-order chi connectivity index (χ0) is 30.7. The fraction of sp³-hybridized carbons (Fsp3) is 0.429. The first-order chi connectivity index (χ1) is 20.7. The summed E-state index contributed by atoms with van der Waals surface area (Å²) in [6, 6.07) is 16.0. The van der Waals surface area contributed by atoms with Crippen molar-refractivity contribution in [2.75, 3.05) is 24.7 Å². The lowest BCUT2D eigenvalue weighted by molar-refractivity contribution is 0.134. The minimum Gasteiger partial charge on any atom is -0.494 e. The Kier molecular flexibility index (Phi) is 9.84. The molecule has 1 aliphatic heterocycles. The van der Waals surface area contributed by atoms with Gasteiger partial charge >= 0.3 is 12.2 Å². The summed E-state index contributed by atoms with van der Waals surface area (Å²) in [6.07, 6.45) is 5.18. The van der Waals surface area contributed by atoms with Gasteiger partial charge in [-0.05, 0) is 96.4 Å². The fourth-order valence-electron chi connectivity index (χ4n) is 5.79. The van der Waals surface area contributed by atoms with E-state index in [-0.39, 0.29) is 31.0 Å². The molecule has 1 aromatic heterocycles. The summed E-state index contributed by atoms with van der Waals surface area (Å²) < 4.78 is 20.1. The quantitative estimate of drug-likeness (QED) is 0.220. The van der Waals surface area contributed by atoms with Gasteiger partial charge in [-0.2, -0.15) is 0 Å². The maximum absolute atomic E-state index is 14.2. The van der Waals surface area contributed by atoms with Gasteiger partial charge in [0.15, 0.2) is 0 Å². The van der Waals surface area contributed by atoms with Crippen molar-refractivity contribution in [1.82, 2.24) is 4.57 Å². The van der Waals surface area contributed by atoms with Crippen molar-refractivity contribution >= 4 is 51.5 Å². The summed E-state index contributed by atoms with van der Waals surface area (Å²) in [7, 11) is 0. The highest BCUT2D eigenvalue weighted by Crippen LogP contribution is 2.54. The Morgan fingerprint density at radius 1 is 0.930 bits per heavy atom. The average molecular weight is 697 g/mol. The maximum Gasteiger partial charge on any atom is 0.420 e. The number of amides is 1. The lowest BCUT2D eigenvalue weighted by Gasteiger charge is -2.37. The van der Waals surface area contributed by atoms with E-state index >= 15 is 0 Å².